The van der Waals surface area contributed by atoms with Gasteiger partial charge in [0.05, 0.1) is 12.5 Å². The second-order valence-electron chi connectivity index (χ2n) is 2.95. The summed E-state index contributed by atoms with van der Waals surface area (Å²) in [4.78, 5) is 0. The third kappa shape index (κ3) is 1.68. The minimum atomic E-state index is 0.476. The molecule has 0 aliphatic rings. The molecule has 0 unspecified atom stereocenters. The largest absolute Gasteiger partial charge is 0.198 e. The lowest BCUT2D eigenvalue weighted by atomic mass is 10.1. The van der Waals surface area contributed by atoms with Crippen LogP contribution in [0, 0.1) is 11.3 Å². The highest BCUT2D eigenvalue weighted by Gasteiger charge is 1.98. The second kappa shape index (κ2) is 4.08. The van der Waals surface area contributed by atoms with Gasteiger partial charge < -0.3 is 0 Å². The van der Waals surface area contributed by atoms with Crippen LogP contribution >= 0.6 is 11.3 Å². The zero-order chi connectivity index (χ0) is 9.80. The first kappa shape index (κ1) is 8.98. The molecule has 0 aliphatic carbocycles. The molecule has 0 spiro atoms. The first-order chi connectivity index (χ1) is 6.92. The Morgan fingerprint density at radius 2 is 2.21 bits per heavy atom. The monoisotopic (exact) mass is 199 g/mol. The van der Waals surface area contributed by atoms with Crippen molar-refractivity contribution in [2.75, 3.05) is 0 Å². The van der Waals surface area contributed by atoms with Gasteiger partial charge in [0.15, 0.2) is 0 Å². The Bertz CT molecular complexity index is 502. The van der Waals surface area contributed by atoms with Crippen LogP contribution in [0.25, 0.3) is 16.2 Å². The van der Waals surface area contributed by atoms with Crippen LogP contribution < -0.4 is 0 Å². The summed E-state index contributed by atoms with van der Waals surface area (Å²) >= 11 is 1.74. The van der Waals surface area contributed by atoms with E-state index in [0.29, 0.717) is 6.42 Å². The van der Waals surface area contributed by atoms with E-state index in [4.69, 9.17) is 5.26 Å². The second-order valence-corrected chi connectivity index (χ2v) is 3.86. The summed E-state index contributed by atoms with van der Waals surface area (Å²) in [5, 5.41) is 11.8. The number of fused-ring (bicyclic) bond motifs is 1. The van der Waals surface area contributed by atoms with E-state index >= 15 is 0 Å². The zero-order valence-electron chi connectivity index (χ0n) is 7.60. The molecule has 14 heavy (non-hydrogen) atoms. The summed E-state index contributed by atoms with van der Waals surface area (Å²) in [6.07, 6.45) is 4.39. The Morgan fingerprint density at radius 3 is 3.07 bits per heavy atom. The van der Waals surface area contributed by atoms with Crippen LogP contribution in [-0.4, -0.2) is 0 Å². The van der Waals surface area contributed by atoms with Crippen molar-refractivity contribution in [2.45, 2.75) is 6.42 Å². The molecular formula is C12H9NS. The number of benzene rings is 1. The van der Waals surface area contributed by atoms with Crippen molar-refractivity contribution in [1.29, 1.82) is 5.26 Å². The number of rotatable bonds is 2. The maximum Gasteiger partial charge on any atom is 0.0663 e. The maximum absolute atomic E-state index is 8.41. The van der Waals surface area contributed by atoms with Gasteiger partial charge in [0.1, 0.15) is 0 Å². The molecule has 0 saturated heterocycles. The number of nitriles is 1. The minimum absolute atomic E-state index is 0.476. The molecule has 1 heterocycles. The predicted molar refractivity (Wildman–Crippen MR) is 61.1 cm³/mol. The van der Waals surface area contributed by atoms with Crippen LogP contribution in [-0.2, 0) is 0 Å². The van der Waals surface area contributed by atoms with Gasteiger partial charge in [-0.25, -0.2) is 0 Å². The van der Waals surface area contributed by atoms with E-state index in [2.05, 4.69) is 23.6 Å². The van der Waals surface area contributed by atoms with Crippen LogP contribution in [0.1, 0.15) is 12.0 Å². The first-order valence-corrected chi connectivity index (χ1v) is 5.29. The molecule has 68 valence electrons. The summed E-state index contributed by atoms with van der Waals surface area (Å²) in [7, 11) is 0. The molecule has 0 N–H and O–H groups in total. The van der Waals surface area contributed by atoms with Gasteiger partial charge >= 0.3 is 0 Å². The number of nitrogens with zero attached hydrogens (tertiary/aromatic N) is 1. The van der Waals surface area contributed by atoms with Crippen LogP contribution in [0.3, 0.4) is 0 Å². The molecule has 0 atom stereocenters. The van der Waals surface area contributed by atoms with Gasteiger partial charge in [0.25, 0.3) is 0 Å². The highest BCUT2D eigenvalue weighted by Crippen LogP contribution is 2.26. The zero-order valence-corrected chi connectivity index (χ0v) is 8.42. The lowest BCUT2D eigenvalue weighted by Gasteiger charge is -1.89. The predicted octanol–water partition coefficient (Wildman–Crippen LogP) is 3.83. The molecule has 0 bridgehead atoms. The molecule has 2 heteroatoms. The molecule has 0 saturated carbocycles. The summed E-state index contributed by atoms with van der Waals surface area (Å²) < 4.78 is 1.30. The van der Waals surface area contributed by atoms with Gasteiger partial charge in [-0.1, -0.05) is 30.4 Å². The summed E-state index contributed by atoms with van der Waals surface area (Å²) in [5.41, 5.74) is 1.21. The Balaban J connectivity index is 2.39. The SMILES string of the molecule is N#CCC=Cc1csc2ccccc12. The van der Waals surface area contributed by atoms with Crippen LogP contribution in [0.5, 0.6) is 0 Å². The molecule has 2 aromatic rings. The standard InChI is InChI=1S/C12H9NS/c13-8-4-3-5-10-9-14-12-7-2-1-6-11(10)12/h1-3,5-7,9H,4H2. The van der Waals surface area contributed by atoms with Crippen molar-refractivity contribution >= 4 is 27.5 Å². The van der Waals surface area contributed by atoms with Crippen molar-refractivity contribution in [3.63, 3.8) is 0 Å². The molecule has 2 rings (SSSR count). The molecule has 1 aromatic heterocycles. The molecule has 1 aromatic carbocycles. The highest BCUT2D eigenvalue weighted by molar-refractivity contribution is 7.17. The van der Waals surface area contributed by atoms with E-state index in [9.17, 15) is 0 Å². The van der Waals surface area contributed by atoms with Crippen LogP contribution in [0.15, 0.2) is 35.7 Å². The van der Waals surface area contributed by atoms with Crippen LogP contribution in [0.2, 0.25) is 0 Å². The average molecular weight is 199 g/mol. The molecule has 0 radical (unpaired) electrons. The van der Waals surface area contributed by atoms with Gasteiger partial charge in [-0.15, -0.1) is 11.3 Å². The minimum Gasteiger partial charge on any atom is -0.198 e. The third-order valence-electron chi connectivity index (χ3n) is 2.02. The van der Waals surface area contributed by atoms with E-state index in [1.807, 2.05) is 24.3 Å². The first-order valence-electron chi connectivity index (χ1n) is 4.41. The molecular weight excluding hydrogens is 190 g/mol. The smallest absolute Gasteiger partial charge is 0.0663 e. The van der Waals surface area contributed by atoms with Crippen molar-refractivity contribution < 1.29 is 0 Å². The van der Waals surface area contributed by atoms with Gasteiger partial charge in [-0.05, 0) is 22.4 Å². The van der Waals surface area contributed by atoms with Crippen molar-refractivity contribution in [3.05, 3.63) is 41.3 Å². The van der Waals surface area contributed by atoms with Gasteiger partial charge in [-0.2, -0.15) is 5.26 Å². The number of hydrogen-bond acceptors (Lipinski definition) is 2. The van der Waals surface area contributed by atoms with E-state index < -0.39 is 0 Å². The van der Waals surface area contributed by atoms with E-state index in [1.165, 1.54) is 15.6 Å². The Kier molecular flexibility index (Phi) is 2.62. The highest BCUT2D eigenvalue weighted by atomic mass is 32.1. The average Bonchev–Trinajstić information content (AvgIpc) is 2.63. The number of allylic oxidation sites excluding steroid dienone is 1. The quantitative estimate of drug-likeness (QED) is 0.721. The normalized spacial score (nSPS) is 10.8. The maximum atomic E-state index is 8.41. The number of thiophene rings is 1. The lowest BCUT2D eigenvalue weighted by Crippen LogP contribution is -1.67. The Labute approximate surface area is 86.9 Å². The van der Waals surface area contributed by atoms with Crippen molar-refractivity contribution in [3.8, 4) is 6.07 Å². The molecule has 0 amide bonds. The molecule has 1 nitrogen and oxygen atoms in total. The summed E-state index contributed by atoms with van der Waals surface area (Å²) in [5.74, 6) is 0. The van der Waals surface area contributed by atoms with Crippen molar-refractivity contribution in [2.24, 2.45) is 0 Å². The topological polar surface area (TPSA) is 23.8 Å². The fraction of sp³-hybridized carbons (Fsp3) is 0.0833. The lowest BCUT2D eigenvalue weighted by molar-refractivity contribution is 1.36. The van der Waals surface area contributed by atoms with Crippen LogP contribution in [0.4, 0.5) is 0 Å². The van der Waals surface area contributed by atoms with Crippen molar-refractivity contribution in [1.82, 2.24) is 0 Å². The number of hydrogen-bond donors (Lipinski definition) is 0. The van der Waals surface area contributed by atoms with E-state index in [-0.39, 0.29) is 0 Å². The van der Waals surface area contributed by atoms with Gasteiger partial charge in [0.2, 0.25) is 0 Å². The molecule has 0 fully saturated rings. The fourth-order valence-electron chi connectivity index (χ4n) is 1.37. The fourth-order valence-corrected chi connectivity index (χ4v) is 2.30. The van der Waals surface area contributed by atoms with E-state index in [0.717, 1.165) is 0 Å². The summed E-state index contributed by atoms with van der Waals surface area (Å²) in [6.45, 7) is 0. The third-order valence-corrected chi connectivity index (χ3v) is 3.00. The molecule has 0 aliphatic heterocycles. The summed E-state index contributed by atoms with van der Waals surface area (Å²) in [6, 6.07) is 10.4. The Hall–Kier alpha value is -1.59. The Morgan fingerprint density at radius 1 is 1.36 bits per heavy atom. The van der Waals surface area contributed by atoms with Gasteiger partial charge in [-0.3, -0.25) is 0 Å². The van der Waals surface area contributed by atoms with E-state index in [1.54, 1.807) is 11.3 Å². The van der Waals surface area contributed by atoms with Gasteiger partial charge in [0, 0.05) is 4.70 Å².